The molecule has 1 saturated carbocycles. The fraction of sp³-hybridized carbons (Fsp3) is 0.516. The molecule has 1 atom stereocenters. The Morgan fingerprint density at radius 2 is 1.79 bits per heavy atom. The molecule has 1 aliphatic heterocycles. The summed E-state index contributed by atoms with van der Waals surface area (Å²) in [6, 6.07) is 4.98. The third kappa shape index (κ3) is 5.94. The monoisotopic (exact) mass is 555 g/mol. The van der Waals surface area contributed by atoms with Crippen molar-refractivity contribution in [2.45, 2.75) is 84.8 Å². The van der Waals surface area contributed by atoms with Crippen LogP contribution in [0.25, 0.3) is 0 Å². The molecule has 0 bridgehead atoms. The van der Waals surface area contributed by atoms with E-state index in [2.05, 4.69) is 39.1 Å². The number of halogens is 2. The van der Waals surface area contributed by atoms with E-state index in [0.717, 1.165) is 37.7 Å². The van der Waals surface area contributed by atoms with Gasteiger partial charge >= 0.3 is 0 Å². The molecule has 204 valence electrons. The van der Waals surface area contributed by atoms with Gasteiger partial charge in [0, 0.05) is 27.7 Å². The minimum atomic E-state index is -0.613. The Morgan fingerprint density at radius 1 is 1.13 bits per heavy atom. The lowest BCUT2D eigenvalue weighted by Crippen LogP contribution is -2.54. The smallest absolute Gasteiger partial charge is 0.275 e. The van der Waals surface area contributed by atoms with Gasteiger partial charge in [0.15, 0.2) is 0 Å². The van der Waals surface area contributed by atoms with Gasteiger partial charge in [-0.1, -0.05) is 69.1 Å². The maximum Gasteiger partial charge on any atom is 0.275 e. The fourth-order valence-corrected chi connectivity index (χ4v) is 6.46. The summed E-state index contributed by atoms with van der Waals surface area (Å²) < 4.78 is 0. The third-order valence-corrected chi connectivity index (χ3v) is 8.59. The summed E-state index contributed by atoms with van der Waals surface area (Å²) in [5.74, 6) is 0.408. The quantitative estimate of drug-likeness (QED) is 0.400. The van der Waals surface area contributed by atoms with Gasteiger partial charge < -0.3 is 10.2 Å². The van der Waals surface area contributed by atoms with Gasteiger partial charge in [-0.15, -0.1) is 0 Å². The van der Waals surface area contributed by atoms with Gasteiger partial charge in [0.05, 0.1) is 6.04 Å². The molecule has 2 amide bonds. The van der Waals surface area contributed by atoms with E-state index in [1.165, 1.54) is 0 Å². The molecule has 1 fully saturated rings. The highest BCUT2D eigenvalue weighted by atomic mass is 35.5. The molecular formula is C31H39Cl2N3O2. The van der Waals surface area contributed by atoms with Crippen molar-refractivity contribution >= 4 is 40.7 Å². The van der Waals surface area contributed by atoms with Gasteiger partial charge in [0.2, 0.25) is 0 Å². The third-order valence-electron chi connectivity index (χ3n) is 8.15. The van der Waals surface area contributed by atoms with Gasteiger partial charge in [-0.05, 0) is 86.6 Å². The second-order valence-corrected chi connectivity index (χ2v) is 12.7. The Morgan fingerprint density at radius 3 is 2.39 bits per heavy atom. The lowest BCUT2D eigenvalue weighted by atomic mass is 9.69. The van der Waals surface area contributed by atoms with E-state index in [0.29, 0.717) is 45.8 Å². The first kappa shape index (κ1) is 28.6. The maximum atomic E-state index is 14.1. The number of carbonyl (C=O) groups excluding carboxylic acids is 2. The van der Waals surface area contributed by atoms with Crippen molar-refractivity contribution in [3.63, 3.8) is 0 Å². The minimum Gasteiger partial charge on any atom is -0.352 e. The molecule has 38 heavy (non-hydrogen) atoms. The van der Waals surface area contributed by atoms with Crippen LogP contribution in [0.4, 0.5) is 0 Å². The zero-order valence-electron chi connectivity index (χ0n) is 23.1. The number of amides is 2. The fourth-order valence-electron chi connectivity index (χ4n) is 5.94. The van der Waals surface area contributed by atoms with Crippen LogP contribution in [0.5, 0.6) is 0 Å². The lowest BCUT2D eigenvalue weighted by Gasteiger charge is -2.47. The van der Waals surface area contributed by atoms with E-state index in [-0.39, 0.29) is 23.3 Å². The first-order valence-electron chi connectivity index (χ1n) is 13.7. The molecule has 1 spiro atoms. The number of allylic oxidation sites excluding steroid dienone is 2. The summed E-state index contributed by atoms with van der Waals surface area (Å²) in [7, 11) is 0. The highest BCUT2D eigenvalue weighted by Gasteiger charge is 2.52. The molecule has 4 rings (SSSR count). The predicted molar refractivity (Wildman–Crippen MR) is 157 cm³/mol. The van der Waals surface area contributed by atoms with Crippen molar-refractivity contribution in [3.05, 3.63) is 69.3 Å². The van der Waals surface area contributed by atoms with Gasteiger partial charge in [0.1, 0.15) is 11.4 Å². The Kier molecular flexibility index (Phi) is 8.59. The average Bonchev–Trinajstić information content (AvgIpc) is 3.00. The number of aliphatic imine (C=N–C) groups is 1. The summed E-state index contributed by atoms with van der Waals surface area (Å²) >= 11 is 12.6. The molecule has 1 unspecified atom stereocenters. The van der Waals surface area contributed by atoms with Gasteiger partial charge in [-0.2, -0.15) is 0 Å². The van der Waals surface area contributed by atoms with E-state index < -0.39 is 5.66 Å². The summed E-state index contributed by atoms with van der Waals surface area (Å²) in [4.78, 5) is 33.8. The van der Waals surface area contributed by atoms with Crippen LogP contribution in [0.15, 0.2) is 58.6 Å². The molecule has 1 aromatic carbocycles. The molecule has 1 N–H and O–H groups in total. The first-order valence-corrected chi connectivity index (χ1v) is 14.5. The molecule has 7 heteroatoms. The van der Waals surface area contributed by atoms with E-state index >= 15 is 0 Å². The number of benzene rings is 1. The van der Waals surface area contributed by atoms with E-state index in [1.807, 2.05) is 30.1 Å². The highest BCUT2D eigenvalue weighted by Crippen LogP contribution is 2.48. The van der Waals surface area contributed by atoms with Crippen LogP contribution in [-0.2, 0) is 9.59 Å². The summed E-state index contributed by atoms with van der Waals surface area (Å²) in [5, 5.41) is 3.91. The predicted octanol–water partition coefficient (Wildman–Crippen LogP) is 7.28. The molecular weight excluding hydrogens is 517 g/mol. The van der Waals surface area contributed by atoms with E-state index in [9.17, 15) is 9.59 Å². The zero-order valence-corrected chi connectivity index (χ0v) is 24.6. The summed E-state index contributed by atoms with van der Waals surface area (Å²) in [6.07, 6.45) is 13.0. The van der Waals surface area contributed by atoms with Crippen molar-refractivity contribution in [1.29, 1.82) is 0 Å². The van der Waals surface area contributed by atoms with Crippen molar-refractivity contribution in [2.75, 3.05) is 6.54 Å². The van der Waals surface area contributed by atoms with Crippen LogP contribution in [0.3, 0.4) is 0 Å². The molecule has 0 radical (unpaired) electrons. The van der Waals surface area contributed by atoms with Crippen LogP contribution < -0.4 is 5.32 Å². The van der Waals surface area contributed by atoms with Gasteiger partial charge in [0.25, 0.3) is 11.8 Å². The molecule has 2 aliphatic carbocycles. The number of carbonyl (C=O) groups is 2. The maximum absolute atomic E-state index is 14.1. The second-order valence-electron chi connectivity index (χ2n) is 11.8. The average molecular weight is 557 g/mol. The molecule has 1 heterocycles. The van der Waals surface area contributed by atoms with Gasteiger partial charge in [-0.25, -0.2) is 0 Å². The van der Waals surface area contributed by atoms with E-state index in [1.54, 1.807) is 18.2 Å². The van der Waals surface area contributed by atoms with Crippen molar-refractivity contribution in [2.24, 2.45) is 16.3 Å². The number of nitrogens with zero attached hydrogens (tertiary/aromatic N) is 2. The molecule has 0 saturated heterocycles. The zero-order chi connectivity index (χ0) is 27.7. The standard InChI is InChI=1S/C31H39Cl2N3O2/c1-6-16-34-28(37)22-9-7-8-21(10-11-22)20(2)36-29(38)27(23-17-25(32)19-26(33)18-23)35-31(36)14-12-24(13-15-31)30(3,4)5/h8-11,17-20,24H,6-7,12-16H2,1-5H3,(H,34,37). The summed E-state index contributed by atoms with van der Waals surface area (Å²) in [6.45, 7) is 11.6. The number of hydrogen-bond donors (Lipinski definition) is 1. The second kappa shape index (κ2) is 11.4. The van der Waals surface area contributed by atoms with E-state index in [4.69, 9.17) is 28.2 Å². The number of hydrogen-bond acceptors (Lipinski definition) is 3. The van der Waals surface area contributed by atoms with Crippen LogP contribution >= 0.6 is 23.2 Å². The Labute approximate surface area is 237 Å². The van der Waals surface area contributed by atoms with Crippen LogP contribution in [0.1, 0.15) is 78.7 Å². The van der Waals surface area contributed by atoms with Crippen LogP contribution in [-0.4, -0.2) is 40.7 Å². The lowest BCUT2D eigenvalue weighted by molar-refractivity contribution is -0.131. The number of rotatable bonds is 6. The molecule has 1 aromatic rings. The highest BCUT2D eigenvalue weighted by molar-refractivity contribution is 6.48. The molecule has 3 aliphatic rings. The summed E-state index contributed by atoms with van der Waals surface area (Å²) in [5.41, 5.74) is 2.33. The normalized spacial score (nSPS) is 24.6. The van der Waals surface area contributed by atoms with Crippen molar-refractivity contribution in [3.8, 4) is 0 Å². The van der Waals surface area contributed by atoms with Crippen molar-refractivity contribution in [1.82, 2.24) is 10.2 Å². The number of nitrogens with one attached hydrogen (secondary N) is 1. The van der Waals surface area contributed by atoms with Crippen LogP contribution in [0.2, 0.25) is 10.0 Å². The minimum absolute atomic E-state index is 0.0666. The Bertz CT molecular complexity index is 1190. The van der Waals surface area contributed by atoms with Crippen molar-refractivity contribution < 1.29 is 9.59 Å². The van der Waals surface area contributed by atoms with Crippen LogP contribution in [0, 0.1) is 11.3 Å². The Balaban J connectivity index is 1.66. The topological polar surface area (TPSA) is 61.8 Å². The molecule has 0 aromatic heterocycles. The molecule has 5 nitrogen and oxygen atoms in total. The SMILES string of the molecule is CCCNC(=O)C1=CCC=C(C(C)N2C(=O)C(c3cc(Cl)cc(Cl)c3)=NC23CCC(C(C)(C)C)CC3)C=C1. The largest absolute Gasteiger partial charge is 0.352 e. The van der Waals surface area contributed by atoms with Gasteiger partial charge in [-0.3, -0.25) is 14.6 Å². The Hall–Kier alpha value is -2.37. The first-order chi connectivity index (χ1) is 17.9.